The predicted octanol–water partition coefficient (Wildman–Crippen LogP) is 2.49. The van der Waals surface area contributed by atoms with Crippen LogP contribution < -0.4 is 5.32 Å². The minimum atomic E-state index is 0.652. The van der Waals surface area contributed by atoms with Crippen molar-refractivity contribution in [1.29, 1.82) is 0 Å². The fourth-order valence-electron chi connectivity index (χ4n) is 2.98. The van der Waals surface area contributed by atoms with E-state index in [9.17, 15) is 0 Å². The Hall–Kier alpha value is -0.870. The molecule has 0 radical (unpaired) electrons. The van der Waals surface area contributed by atoms with Crippen molar-refractivity contribution < 1.29 is 4.42 Å². The number of nitrogens with zero attached hydrogens (tertiary/aromatic N) is 2. The van der Waals surface area contributed by atoms with Crippen LogP contribution in [0.2, 0.25) is 0 Å². The molecule has 114 valence electrons. The summed E-state index contributed by atoms with van der Waals surface area (Å²) in [5.74, 6) is 2.67. The van der Waals surface area contributed by atoms with Gasteiger partial charge in [0, 0.05) is 25.4 Å². The molecule has 0 amide bonds. The second-order valence-electron chi connectivity index (χ2n) is 6.23. The van der Waals surface area contributed by atoms with E-state index in [0.717, 1.165) is 37.5 Å². The minimum Gasteiger partial charge on any atom is -0.446 e. The van der Waals surface area contributed by atoms with Crippen LogP contribution in [0.3, 0.4) is 0 Å². The monoisotopic (exact) mass is 279 g/mol. The van der Waals surface area contributed by atoms with Crippen LogP contribution in [-0.2, 0) is 12.8 Å². The standard InChI is InChI=1S/C16H29N3O/c1-13(2)19-9-5-6-14(12-19)10-16-18-11-15(20-16)7-4-8-17-3/h11,13-14,17H,4-10,12H2,1-3H3. The highest BCUT2D eigenvalue weighted by Crippen LogP contribution is 2.22. The minimum absolute atomic E-state index is 0.652. The first kappa shape index (κ1) is 15.5. The first-order valence-electron chi connectivity index (χ1n) is 8.01. The second-order valence-corrected chi connectivity index (χ2v) is 6.23. The first-order valence-corrected chi connectivity index (χ1v) is 8.01. The molecule has 1 saturated heterocycles. The van der Waals surface area contributed by atoms with Gasteiger partial charge < -0.3 is 14.6 Å². The van der Waals surface area contributed by atoms with Gasteiger partial charge in [-0.2, -0.15) is 0 Å². The van der Waals surface area contributed by atoms with Crippen LogP contribution >= 0.6 is 0 Å². The van der Waals surface area contributed by atoms with E-state index in [0.29, 0.717) is 12.0 Å². The fraction of sp³-hybridized carbons (Fsp3) is 0.812. The molecular weight excluding hydrogens is 250 g/mol. The summed E-state index contributed by atoms with van der Waals surface area (Å²) in [6, 6.07) is 0.652. The predicted molar refractivity (Wildman–Crippen MR) is 81.9 cm³/mol. The van der Waals surface area contributed by atoms with Crippen molar-refractivity contribution in [2.75, 3.05) is 26.7 Å². The summed E-state index contributed by atoms with van der Waals surface area (Å²) in [6.45, 7) is 8.03. The maximum atomic E-state index is 5.87. The van der Waals surface area contributed by atoms with Gasteiger partial charge in [-0.3, -0.25) is 0 Å². The third-order valence-corrected chi connectivity index (χ3v) is 4.20. The summed E-state index contributed by atoms with van der Waals surface area (Å²) in [4.78, 5) is 7.03. The van der Waals surface area contributed by atoms with Crippen LogP contribution in [0, 0.1) is 5.92 Å². The van der Waals surface area contributed by atoms with Gasteiger partial charge in [0.1, 0.15) is 5.76 Å². The van der Waals surface area contributed by atoms with E-state index in [1.54, 1.807) is 0 Å². The number of likely N-dealkylation sites (tertiary alicyclic amines) is 1. The number of hydrogen-bond acceptors (Lipinski definition) is 4. The quantitative estimate of drug-likeness (QED) is 0.779. The van der Waals surface area contributed by atoms with Crippen LogP contribution in [0.15, 0.2) is 10.6 Å². The van der Waals surface area contributed by atoms with Crippen LogP contribution in [0.1, 0.15) is 44.8 Å². The SMILES string of the molecule is CNCCCc1cnc(CC2CCCN(C(C)C)C2)o1. The normalized spacial score (nSPS) is 20.7. The van der Waals surface area contributed by atoms with E-state index >= 15 is 0 Å². The Bertz CT molecular complexity index is 389. The van der Waals surface area contributed by atoms with Gasteiger partial charge in [0.05, 0.1) is 6.20 Å². The van der Waals surface area contributed by atoms with Crippen molar-refractivity contribution in [3.05, 3.63) is 17.8 Å². The molecule has 1 atom stereocenters. The van der Waals surface area contributed by atoms with Crippen molar-refractivity contribution in [1.82, 2.24) is 15.2 Å². The molecule has 0 spiro atoms. The van der Waals surface area contributed by atoms with Crippen LogP contribution in [0.25, 0.3) is 0 Å². The average molecular weight is 279 g/mol. The van der Waals surface area contributed by atoms with Crippen LogP contribution in [-0.4, -0.2) is 42.6 Å². The van der Waals surface area contributed by atoms with Gasteiger partial charge in [0.25, 0.3) is 0 Å². The zero-order valence-corrected chi connectivity index (χ0v) is 13.2. The largest absolute Gasteiger partial charge is 0.446 e. The second kappa shape index (κ2) is 7.79. The number of aryl methyl sites for hydroxylation is 1. The van der Waals surface area contributed by atoms with Gasteiger partial charge in [0.15, 0.2) is 5.89 Å². The summed E-state index contributed by atoms with van der Waals surface area (Å²) in [5, 5.41) is 3.16. The van der Waals surface area contributed by atoms with Crippen LogP contribution in [0.5, 0.6) is 0 Å². The number of hydrogen-bond donors (Lipinski definition) is 1. The smallest absolute Gasteiger partial charge is 0.194 e. The van der Waals surface area contributed by atoms with E-state index in [-0.39, 0.29) is 0 Å². The van der Waals surface area contributed by atoms with E-state index in [1.165, 1.54) is 25.9 Å². The van der Waals surface area contributed by atoms with Gasteiger partial charge in [-0.25, -0.2) is 4.98 Å². The number of rotatable bonds is 7. The van der Waals surface area contributed by atoms with Crippen molar-refractivity contribution in [3.8, 4) is 0 Å². The van der Waals surface area contributed by atoms with Crippen LogP contribution in [0.4, 0.5) is 0 Å². The molecule has 4 heteroatoms. The lowest BCUT2D eigenvalue weighted by Gasteiger charge is -2.35. The highest BCUT2D eigenvalue weighted by Gasteiger charge is 2.23. The summed E-state index contributed by atoms with van der Waals surface area (Å²) in [5.41, 5.74) is 0. The highest BCUT2D eigenvalue weighted by molar-refractivity contribution is 4.96. The third-order valence-electron chi connectivity index (χ3n) is 4.20. The Morgan fingerprint density at radius 1 is 1.50 bits per heavy atom. The molecule has 1 aromatic heterocycles. The zero-order chi connectivity index (χ0) is 14.4. The Balaban J connectivity index is 1.80. The molecule has 0 aliphatic carbocycles. The molecule has 1 aliphatic heterocycles. The molecule has 1 N–H and O–H groups in total. The Morgan fingerprint density at radius 3 is 3.10 bits per heavy atom. The molecule has 1 aromatic rings. The molecule has 1 aliphatic rings. The van der Waals surface area contributed by atoms with E-state index in [2.05, 4.69) is 29.0 Å². The van der Waals surface area contributed by atoms with Crippen molar-refractivity contribution in [3.63, 3.8) is 0 Å². The van der Waals surface area contributed by atoms with Crippen molar-refractivity contribution in [2.45, 2.75) is 52.0 Å². The van der Waals surface area contributed by atoms with E-state index in [4.69, 9.17) is 4.42 Å². The molecular formula is C16H29N3O. The molecule has 0 bridgehead atoms. The summed E-state index contributed by atoms with van der Waals surface area (Å²) >= 11 is 0. The Labute approximate surface area is 122 Å². The number of nitrogens with one attached hydrogen (secondary N) is 1. The van der Waals surface area contributed by atoms with E-state index < -0.39 is 0 Å². The summed E-state index contributed by atoms with van der Waals surface area (Å²) in [6.07, 6.45) is 7.61. The number of piperidine rings is 1. The Morgan fingerprint density at radius 2 is 2.35 bits per heavy atom. The lowest BCUT2D eigenvalue weighted by atomic mass is 9.94. The Kier molecular flexibility index (Phi) is 6.05. The third kappa shape index (κ3) is 4.60. The maximum absolute atomic E-state index is 5.87. The van der Waals surface area contributed by atoms with Crippen molar-refractivity contribution in [2.24, 2.45) is 5.92 Å². The fourth-order valence-corrected chi connectivity index (χ4v) is 2.98. The molecule has 1 fully saturated rings. The molecule has 20 heavy (non-hydrogen) atoms. The highest BCUT2D eigenvalue weighted by atomic mass is 16.4. The molecule has 4 nitrogen and oxygen atoms in total. The molecule has 2 rings (SSSR count). The maximum Gasteiger partial charge on any atom is 0.194 e. The molecule has 2 heterocycles. The van der Waals surface area contributed by atoms with Gasteiger partial charge >= 0.3 is 0 Å². The van der Waals surface area contributed by atoms with Crippen molar-refractivity contribution >= 4 is 0 Å². The molecule has 0 saturated carbocycles. The van der Waals surface area contributed by atoms with Gasteiger partial charge in [-0.05, 0) is 59.2 Å². The zero-order valence-electron chi connectivity index (χ0n) is 13.2. The molecule has 0 aromatic carbocycles. The van der Waals surface area contributed by atoms with E-state index in [1.807, 2.05) is 13.2 Å². The van der Waals surface area contributed by atoms with Gasteiger partial charge in [0.2, 0.25) is 0 Å². The lowest BCUT2D eigenvalue weighted by Crippen LogP contribution is -2.40. The lowest BCUT2D eigenvalue weighted by molar-refractivity contribution is 0.136. The van der Waals surface area contributed by atoms with Gasteiger partial charge in [-0.1, -0.05) is 0 Å². The number of oxazole rings is 1. The first-order chi connectivity index (χ1) is 9.69. The topological polar surface area (TPSA) is 41.3 Å². The van der Waals surface area contributed by atoms with Gasteiger partial charge in [-0.15, -0.1) is 0 Å². The number of aromatic nitrogens is 1. The molecule has 1 unspecified atom stereocenters. The summed E-state index contributed by atoms with van der Waals surface area (Å²) < 4.78 is 5.87. The summed E-state index contributed by atoms with van der Waals surface area (Å²) in [7, 11) is 1.98. The average Bonchev–Trinajstić information content (AvgIpc) is 2.87.